The summed E-state index contributed by atoms with van der Waals surface area (Å²) in [5.74, 6) is -0.669. The van der Waals surface area contributed by atoms with Gasteiger partial charge >= 0.3 is 7.60 Å². The summed E-state index contributed by atoms with van der Waals surface area (Å²) >= 11 is 0. The monoisotopic (exact) mass is 207 g/mol. The Labute approximate surface area is 79.6 Å². The summed E-state index contributed by atoms with van der Waals surface area (Å²) in [6.45, 7) is 6.00. The van der Waals surface area contributed by atoms with E-state index in [2.05, 4.69) is 0 Å². The summed E-state index contributed by atoms with van der Waals surface area (Å²) in [6.07, 6.45) is 3.35. The van der Waals surface area contributed by atoms with Gasteiger partial charge in [0.1, 0.15) is 5.78 Å². The second kappa shape index (κ2) is 6.33. The lowest BCUT2D eigenvalue weighted by molar-refractivity contribution is 0.216. The minimum Gasteiger partial charge on any atom is -0.314 e. The van der Waals surface area contributed by atoms with Crippen LogP contribution in [-0.4, -0.2) is 19.0 Å². The van der Waals surface area contributed by atoms with Gasteiger partial charge in [-0.25, -0.2) is 0 Å². The highest BCUT2D eigenvalue weighted by Gasteiger charge is 2.30. The third kappa shape index (κ3) is 4.05. The fraction of sp³-hybridized carbons (Fsp3) is 0.750. The van der Waals surface area contributed by atoms with Crippen LogP contribution >= 0.6 is 7.60 Å². The van der Waals surface area contributed by atoms with Crippen molar-refractivity contribution >= 4 is 7.60 Å². The summed E-state index contributed by atoms with van der Waals surface area (Å²) in [4.78, 5) is 0. The van der Waals surface area contributed by atoms with Gasteiger partial charge in [0, 0.05) is 0 Å². The van der Waals surface area contributed by atoms with Crippen LogP contribution in [0.1, 0.15) is 20.8 Å². The van der Waals surface area contributed by atoms with Crippen molar-refractivity contribution in [2.24, 2.45) is 5.73 Å². The number of hydrogen-bond acceptors (Lipinski definition) is 4. The minimum atomic E-state index is -3.14. The Balaban J connectivity index is 4.46. The van der Waals surface area contributed by atoms with Gasteiger partial charge in [0.15, 0.2) is 0 Å². The molecular weight excluding hydrogens is 189 g/mol. The largest absolute Gasteiger partial charge is 0.351 e. The van der Waals surface area contributed by atoms with E-state index in [4.69, 9.17) is 14.8 Å². The Morgan fingerprint density at radius 1 is 1.38 bits per heavy atom. The van der Waals surface area contributed by atoms with Crippen LogP contribution in [0.15, 0.2) is 12.2 Å². The summed E-state index contributed by atoms with van der Waals surface area (Å²) in [7, 11) is -3.14. The second-order valence-corrected chi connectivity index (χ2v) is 4.58. The molecule has 0 aromatic rings. The van der Waals surface area contributed by atoms with Crippen LogP contribution in [0.2, 0.25) is 0 Å². The van der Waals surface area contributed by atoms with E-state index in [0.717, 1.165) is 0 Å². The first kappa shape index (κ1) is 12.8. The summed E-state index contributed by atoms with van der Waals surface area (Å²) in [5, 5.41) is 0. The van der Waals surface area contributed by atoms with Gasteiger partial charge in [-0.3, -0.25) is 4.57 Å². The van der Waals surface area contributed by atoms with E-state index in [0.29, 0.717) is 13.2 Å². The first-order chi connectivity index (χ1) is 6.10. The Morgan fingerprint density at radius 3 is 2.15 bits per heavy atom. The molecule has 4 nitrogen and oxygen atoms in total. The number of allylic oxidation sites excluding steroid dienone is 1. The van der Waals surface area contributed by atoms with Crippen molar-refractivity contribution in [3.05, 3.63) is 12.2 Å². The fourth-order valence-corrected chi connectivity index (χ4v) is 2.39. The van der Waals surface area contributed by atoms with E-state index in [-0.39, 0.29) is 0 Å². The molecule has 1 unspecified atom stereocenters. The molecule has 78 valence electrons. The number of nitrogens with two attached hydrogens (primary N) is 1. The van der Waals surface area contributed by atoms with Crippen molar-refractivity contribution in [3.63, 3.8) is 0 Å². The van der Waals surface area contributed by atoms with E-state index in [9.17, 15) is 4.57 Å². The van der Waals surface area contributed by atoms with Crippen molar-refractivity contribution in [2.45, 2.75) is 26.6 Å². The molecule has 0 aromatic carbocycles. The zero-order valence-electron chi connectivity index (χ0n) is 8.40. The maximum absolute atomic E-state index is 11.9. The van der Waals surface area contributed by atoms with Gasteiger partial charge in [-0.15, -0.1) is 0 Å². The topological polar surface area (TPSA) is 61.6 Å². The molecule has 0 aliphatic rings. The fourth-order valence-electron chi connectivity index (χ4n) is 0.872. The highest BCUT2D eigenvalue weighted by Crippen LogP contribution is 2.51. The Hall–Kier alpha value is -0.150. The van der Waals surface area contributed by atoms with E-state index < -0.39 is 13.4 Å². The Morgan fingerprint density at radius 2 is 1.85 bits per heavy atom. The van der Waals surface area contributed by atoms with Crippen molar-refractivity contribution in [3.8, 4) is 0 Å². The molecule has 5 heteroatoms. The van der Waals surface area contributed by atoms with Crippen LogP contribution in [0.3, 0.4) is 0 Å². The highest BCUT2D eigenvalue weighted by atomic mass is 31.2. The molecule has 0 aliphatic carbocycles. The normalized spacial score (nSPS) is 15.1. The van der Waals surface area contributed by atoms with Crippen LogP contribution in [0.5, 0.6) is 0 Å². The standard InChI is InChI=1S/C8H18NO3P/c1-4-7-8(9)13(10,11-5-2)12-6-3/h4,7-8H,5-6,9H2,1-3H3/b7-4+. The Kier molecular flexibility index (Phi) is 6.25. The van der Waals surface area contributed by atoms with E-state index in [1.807, 2.05) is 6.92 Å². The zero-order valence-corrected chi connectivity index (χ0v) is 9.29. The van der Waals surface area contributed by atoms with Crippen molar-refractivity contribution in [1.29, 1.82) is 0 Å². The van der Waals surface area contributed by atoms with Gasteiger partial charge in [-0.05, 0) is 20.8 Å². The quantitative estimate of drug-likeness (QED) is 0.535. The van der Waals surface area contributed by atoms with Gasteiger partial charge in [0.2, 0.25) is 0 Å². The van der Waals surface area contributed by atoms with Gasteiger partial charge in [-0.2, -0.15) is 0 Å². The second-order valence-electron chi connectivity index (χ2n) is 2.39. The number of rotatable bonds is 6. The maximum atomic E-state index is 11.9. The SMILES string of the molecule is C/C=C/C(N)P(=O)(OCC)OCC. The molecule has 0 amide bonds. The smallest absolute Gasteiger partial charge is 0.314 e. The average Bonchev–Trinajstić information content (AvgIpc) is 2.05. The molecule has 0 radical (unpaired) electrons. The molecule has 0 aromatic heterocycles. The molecule has 1 atom stereocenters. The third-order valence-electron chi connectivity index (χ3n) is 1.37. The highest BCUT2D eigenvalue weighted by molar-refractivity contribution is 7.54. The summed E-state index contributed by atoms with van der Waals surface area (Å²) < 4.78 is 22.0. The molecule has 0 fully saturated rings. The van der Waals surface area contributed by atoms with Crippen LogP contribution in [0, 0.1) is 0 Å². The molecule has 0 heterocycles. The first-order valence-corrected chi connectivity index (χ1v) is 5.99. The average molecular weight is 207 g/mol. The van der Waals surface area contributed by atoms with Crippen LogP contribution in [-0.2, 0) is 13.6 Å². The van der Waals surface area contributed by atoms with Crippen molar-refractivity contribution in [1.82, 2.24) is 0 Å². The van der Waals surface area contributed by atoms with E-state index in [1.165, 1.54) is 0 Å². The van der Waals surface area contributed by atoms with Gasteiger partial charge < -0.3 is 14.8 Å². The first-order valence-electron chi connectivity index (χ1n) is 4.37. The predicted octanol–water partition coefficient (Wildman–Crippen LogP) is 2.11. The third-order valence-corrected chi connectivity index (χ3v) is 3.51. The van der Waals surface area contributed by atoms with Gasteiger partial charge in [0.05, 0.1) is 13.2 Å². The molecule has 0 saturated heterocycles. The van der Waals surface area contributed by atoms with Gasteiger partial charge in [0.25, 0.3) is 0 Å². The summed E-state index contributed by atoms with van der Waals surface area (Å²) in [6, 6.07) is 0. The predicted molar refractivity (Wildman–Crippen MR) is 53.6 cm³/mol. The van der Waals surface area contributed by atoms with Crippen LogP contribution in [0.4, 0.5) is 0 Å². The van der Waals surface area contributed by atoms with E-state index >= 15 is 0 Å². The molecule has 0 aliphatic heterocycles. The minimum absolute atomic E-state index is 0.336. The molecular formula is C8H18NO3P. The molecule has 2 N–H and O–H groups in total. The molecule has 0 rings (SSSR count). The van der Waals surface area contributed by atoms with Crippen LogP contribution < -0.4 is 5.73 Å². The van der Waals surface area contributed by atoms with Crippen molar-refractivity contribution < 1.29 is 13.6 Å². The lowest BCUT2D eigenvalue weighted by Gasteiger charge is -2.20. The number of hydrogen-bond donors (Lipinski definition) is 1. The lowest BCUT2D eigenvalue weighted by Crippen LogP contribution is -2.20. The zero-order chi connectivity index (χ0) is 10.3. The molecule has 0 saturated carbocycles. The Bertz CT molecular complexity index is 196. The van der Waals surface area contributed by atoms with E-state index in [1.54, 1.807) is 26.0 Å². The van der Waals surface area contributed by atoms with Gasteiger partial charge in [-0.1, -0.05) is 12.2 Å². The molecule has 0 spiro atoms. The summed E-state index contributed by atoms with van der Waals surface area (Å²) in [5.41, 5.74) is 5.63. The molecule has 0 bridgehead atoms. The van der Waals surface area contributed by atoms with Crippen molar-refractivity contribution in [2.75, 3.05) is 13.2 Å². The lowest BCUT2D eigenvalue weighted by atomic mass is 10.5. The van der Waals surface area contributed by atoms with Crippen LogP contribution in [0.25, 0.3) is 0 Å². The maximum Gasteiger partial charge on any atom is 0.351 e. The molecule has 13 heavy (non-hydrogen) atoms.